The van der Waals surface area contributed by atoms with Crippen molar-refractivity contribution in [3.63, 3.8) is 0 Å². The third-order valence-electron chi connectivity index (χ3n) is 5.09. The second-order valence-corrected chi connectivity index (χ2v) is 10.2. The average Bonchev–Trinajstić information content (AvgIpc) is 3.50. The molecule has 31 heavy (non-hydrogen) atoms. The van der Waals surface area contributed by atoms with Crippen molar-refractivity contribution in [3.05, 3.63) is 59.5 Å². The first-order valence-electron chi connectivity index (χ1n) is 10.0. The zero-order valence-electron chi connectivity index (χ0n) is 17.2. The highest BCUT2D eigenvalue weighted by Gasteiger charge is 2.28. The number of carbonyl (C=O) groups excluding carboxylic acids is 1. The Morgan fingerprint density at radius 1 is 1.23 bits per heavy atom. The second-order valence-electron chi connectivity index (χ2n) is 7.46. The van der Waals surface area contributed by atoms with E-state index < -0.39 is 10.0 Å². The summed E-state index contributed by atoms with van der Waals surface area (Å²) in [6.07, 6.45) is 3.23. The molecule has 2 aromatic heterocycles. The van der Waals surface area contributed by atoms with Gasteiger partial charge in [0.25, 0.3) is 0 Å². The maximum atomic E-state index is 14.0. The number of rotatable bonds is 8. The topological polar surface area (TPSA) is 76.9 Å². The molecule has 0 atom stereocenters. The summed E-state index contributed by atoms with van der Waals surface area (Å²) in [5.41, 5.74) is 2.38. The zero-order valence-corrected chi connectivity index (χ0v) is 18.9. The summed E-state index contributed by atoms with van der Waals surface area (Å²) in [5, 5.41) is 0.764. The van der Waals surface area contributed by atoms with Crippen LogP contribution in [0.4, 0.5) is 4.39 Å². The molecule has 2 heterocycles. The number of pyridine rings is 1. The highest BCUT2D eigenvalue weighted by molar-refractivity contribution is 7.99. The quantitative estimate of drug-likeness (QED) is 0.511. The number of carbonyl (C=O) groups is 1. The smallest absolute Gasteiger partial charge is 0.310 e. The van der Waals surface area contributed by atoms with Crippen LogP contribution < -0.4 is 4.72 Å². The third kappa shape index (κ3) is 4.78. The van der Waals surface area contributed by atoms with Gasteiger partial charge in [-0.25, -0.2) is 17.5 Å². The van der Waals surface area contributed by atoms with Gasteiger partial charge in [-0.1, -0.05) is 11.8 Å². The van der Waals surface area contributed by atoms with Crippen molar-refractivity contribution in [2.45, 2.75) is 54.0 Å². The van der Waals surface area contributed by atoms with Gasteiger partial charge < -0.3 is 9.14 Å². The van der Waals surface area contributed by atoms with E-state index in [0.29, 0.717) is 6.61 Å². The molecule has 0 saturated heterocycles. The first kappa shape index (κ1) is 21.9. The number of sulfonamides is 1. The molecule has 1 fully saturated rings. The molecule has 0 bridgehead atoms. The number of fused-ring (bicyclic) bond motifs is 1. The van der Waals surface area contributed by atoms with Gasteiger partial charge in [0.15, 0.2) is 0 Å². The Kier molecular flexibility index (Phi) is 6.09. The first-order chi connectivity index (χ1) is 14.8. The fourth-order valence-corrected chi connectivity index (χ4v) is 5.71. The van der Waals surface area contributed by atoms with Crippen LogP contribution in [0, 0.1) is 12.7 Å². The van der Waals surface area contributed by atoms with Crippen molar-refractivity contribution in [1.29, 1.82) is 0 Å². The van der Waals surface area contributed by atoms with Crippen LogP contribution >= 0.6 is 11.8 Å². The van der Waals surface area contributed by atoms with Gasteiger partial charge in [-0.05, 0) is 74.2 Å². The fourth-order valence-electron chi connectivity index (χ4n) is 3.38. The van der Waals surface area contributed by atoms with Crippen molar-refractivity contribution < 1.29 is 22.3 Å². The maximum absolute atomic E-state index is 14.0. The summed E-state index contributed by atoms with van der Waals surface area (Å²) in [4.78, 5) is 13.1. The number of aromatic nitrogens is 1. The van der Waals surface area contributed by atoms with E-state index in [-0.39, 0.29) is 29.1 Å². The van der Waals surface area contributed by atoms with Gasteiger partial charge >= 0.3 is 5.97 Å². The summed E-state index contributed by atoms with van der Waals surface area (Å²) in [7, 11) is -3.52. The molecule has 0 amide bonds. The Hall–Kier alpha value is -2.36. The predicted molar refractivity (Wildman–Crippen MR) is 116 cm³/mol. The van der Waals surface area contributed by atoms with Crippen LogP contribution in [0.25, 0.3) is 5.52 Å². The maximum Gasteiger partial charge on any atom is 0.310 e. The summed E-state index contributed by atoms with van der Waals surface area (Å²) in [5.74, 6) is -0.726. The van der Waals surface area contributed by atoms with E-state index >= 15 is 0 Å². The minimum absolute atomic E-state index is 0.0431. The predicted octanol–water partition coefficient (Wildman–Crippen LogP) is 4.08. The van der Waals surface area contributed by atoms with Crippen LogP contribution in [0.3, 0.4) is 0 Å². The lowest BCUT2D eigenvalue weighted by atomic mass is 10.1. The highest BCUT2D eigenvalue weighted by Crippen LogP contribution is 2.36. The number of nitrogens with one attached hydrogen (secondary N) is 1. The molecule has 164 valence electrons. The molecule has 0 spiro atoms. The molecule has 0 radical (unpaired) electrons. The lowest BCUT2D eigenvalue weighted by Crippen LogP contribution is -2.25. The monoisotopic (exact) mass is 462 g/mol. The molecule has 0 unspecified atom stereocenters. The number of halogens is 1. The summed E-state index contributed by atoms with van der Waals surface area (Å²) < 4.78 is 48.2. The van der Waals surface area contributed by atoms with Gasteiger partial charge in [0.2, 0.25) is 10.0 Å². The minimum Gasteiger partial charge on any atom is -0.466 e. The van der Waals surface area contributed by atoms with Gasteiger partial charge in [-0.3, -0.25) is 4.79 Å². The van der Waals surface area contributed by atoms with Crippen LogP contribution in [-0.4, -0.2) is 31.4 Å². The highest BCUT2D eigenvalue weighted by atomic mass is 32.2. The number of hydrogen-bond donors (Lipinski definition) is 1. The Morgan fingerprint density at radius 3 is 2.58 bits per heavy atom. The molecule has 1 aliphatic rings. The number of ether oxygens (including phenoxy) is 1. The van der Waals surface area contributed by atoms with Crippen LogP contribution in [0.2, 0.25) is 0 Å². The summed E-state index contributed by atoms with van der Waals surface area (Å²) in [6, 6.07) is 9.66. The van der Waals surface area contributed by atoms with Crippen LogP contribution in [0.1, 0.15) is 30.9 Å². The van der Waals surface area contributed by atoms with E-state index in [1.807, 2.05) is 6.92 Å². The van der Waals surface area contributed by atoms with E-state index in [2.05, 4.69) is 4.72 Å². The van der Waals surface area contributed by atoms with Crippen molar-refractivity contribution >= 4 is 33.3 Å². The van der Waals surface area contributed by atoms with Crippen LogP contribution in [-0.2, 0) is 26.0 Å². The van der Waals surface area contributed by atoms with E-state index in [0.717, 1.165) is 39.4 Å². The molecule has 4 rings (SSSR count). The van der Waals surface area contributed by atoms with Crippen molar-refractivity contribution in [1.82, 2.24) is 9.12 Å². The van der Waals surface area contributed by atoms with Crippen molar-refractivity contribution in [2.24, 2.45) is 0 Å². The standard InChI is InChI=1S/C22H23FN2O4S2/c1-3-29-21(26)12-19-14(2)22(25-13-15(23)4-11-20(19)25)30-17-7-9-18(10-8-17)31(27,28)24-16-5-6-16/h4,7-11,13,16,24H,3,5-6,12H2,1-2H3. The molecule has 1 aliphatic carbocycles. The van der Waals surface area contributed by atoms with Gasteiger partial charge in [0, 0.05) is 17.1 Å². The largest absolute Gasteiger partial charge is 0.466 e. The van der Waals surface area contributed by atoms with Crippen LogP contribution in [0.15, 0.2) is 57.4 Å². The first-order valence-corrected chi connectivity index (χ1v) is 12.3. The molecule has 1 saturated carbocycles. The molecular weight excluding hydrogens is 439 g/mol. The molecule has 9 heteroatoms. The Morgan fingerprint density at radius 2 is 1.94 bits per heavy atom. The number of nitrogens with zero attached hydrogens (tertiary/aromatic N) is 1. The van der Waals surface area contributed by atoms with Gasteiger partial charge in [0.05, 0.1) is 28.5 Å². The molecule has 0 aliphatic heterocycles. The Labute approximate surface area is 184 Å². The van der Waals surface area contributed by atoms with Gasteiger partial charge in [-0.15, -0.1) is 0 Å². The van der Waals surface area contributed by atoms with E-state index in [4.69, 9.17) is 4.74 Å². The Bertz CT molecular complexity index is 1230. The third-order valence-corrected chi connectivity index (χ3v) is 7.83. The fraction of sp³-hybridized carbons (Fsp3) is 0.318. The van der Waals surface area contributed by atoms with Crippen LogP contribution in [0.5, 0.6) is 0 Å². The van der Waals surface area contributed by atoms with E-state index in [9.17, 15) is 17.6 Å². The summed E-state index contributed by atoms with van der Waals surface area (Å²) in [6.45, 7) is 3.94. The van der Waals surface area contributed by atoms with Gasteiger partial charge in [0.1, 0.15) is 5.82 Å². The Balaban J connectivity index is 1.65. The lowest BCUT2D eigenvalue weighted by molar-refractivity contribution is -0.142. The normalized spacial score (nSPS) is 14.2. The second kappa shape index (κ2) is 8.64. The van der Waals surface area contributed by atoms with Crippen molar-refractivity contribution in [2.75, 3.05) is 6.61 Å². The van der Waals surface area contributed by atoms with Gasteiger partial charge in [-0.2, -0.15) is 0 Å². The van der Waals surface area contributed by atoms with Crippen molar-refractivity contribution in [3.8, 4) is 0 Å². The van der Waals surface area contributed by atoms with E-state index in [1.165, 1.54) is 24.0 Å². The average molecular weight is 463 g/mol. The molecule has 1 aromatic carbocycles. The molecule has 1 N–H and O–H groups in total. The summed E-state index contributed by atoms with van der Waals surface area (Å²) >= 11 is 1.39. The zero-order chi connectivity index (χ0) is 22.2. The minimum atomic E-state index is -3.52. The molecule has 6 nitrogen and oxygen atoms in total. The number of benzene rings is 1. The lowest BCUT2D eigenvalue weighted by Gasteiger charge is -2.08. The number of hydrogen-bond acceptors (Lipinski definition) is 5. The molecule has 3 aromatic rings. The molecular formula is C22H23FN2O4S2. The SMILES string of the molecule is CCOC(=O)Cc1c(C)c(Sc2ccc(S(=O)(=O)NC3CC3)cc2)n2cc(F)ccc12. The number of esters is 1. The van der Waals surface area contributed by atoms with E-state index in [1.54, 1.807) is 41.7 Å².